The molecule has 1 atom stereocenters. The maximum Gasteiger partial charge on any atom is 0.338 e. The van der Waals surface area contributed by atoms with Crippen LogP contribution in [0.3, 0.4) is 0 Å². The van der Waals surface area contributed by atoms with Crippen LogP contribution in [-0.4, -0.2) is 28.7 Å². The van der Waals surface area contributed by atoms with Crippen molar-refractivity contribution < 1.29 is 14.3 Å². The number of halogens is 1. The van der Waals surface area contributed by atoms with Crippen LogP contribution in [0.4, 0.5) is 4.39 Å². The normalized spacial score (nSPS) is 18.3. The highest BCUT2D eigenvalue weighted by Gasteiger charge is 2.26. The molecule has 5 nitrogen and oxygen atoms in total. The summed E-state index contributed by atoms with van der Waals surface area (Å²) in [6, 6.07) is 3.94. The minimum Gasteiger partial charge on any atom is -0.478 e. The lowest BCUT2D eigenvalue weighted by Gasteiger charge is -2.20. The minimum absolute atomic E-state index is 0.00370. The third kappa shape index (κ3) is 2.03. The SMILES string of the molecule is Cc1c(C(=O)O)c2cccc(F)c2c(=O)n1[C@H]1CCNC1. The van der Waals surface area contributed by atoms with Gasteiger partial charge in [-0.05, 0) is 26.0 Å². The van der Waals surface area contributed by atoms with Crippen LogP contribution in [0.1, 0.15) is 28.5 Å². The first-order valence-corrected chi connectivity index (χ1v) is 6.79. The molecule has 1 fully saturated rings. The number of benzene rings is 1. The van der Waals surface area contributed by atoms with Gasteiger partial charge in [0.15, 0.2) is 0 Å². The van der Waals surface area contributed by atoms with Crippen LogP contribution in [0.2, 0.25) is 0 Å². The summed E-state index contributed by atoms with van der Waals surface area (Å²) in [5.41, 5.74) is -0.0883. The van der Waals surface area contributed by atoms with Gasteiger partial charge in [0.1, 0.15) is 5.82 Å². The quantitative estimate of drug-likeness (QED) is 0.883. The van der Waals surface area contributed by atoms with Gasteiger partial charge < -0.3 is 15.0 Å². The van der Waals surface area contributed by atoms with Gasteiger partial charge in [-0.3, -0.25) is 4.79 Å². The number of fused-ring (bicyclic) bond motifs is 1. The smallest absolute Gasteiger partial charge is 0.338 e. The highest BCUT2D eigenvalue weighted by atomic mass is 19.1. The predicted octanol–water partition coefficient (Wildman–Crippen LogP) is 1.68. The fraction of sp³-hybridized carbons (Fsp3) is 0.333. The van der Waals surface area contributed by atoms with Crippen LogP contribution in [0.15, 0.2) is 23.0 Å². The van der Waals surface area contributed by atoms with Crippen molar-refractivity contribution in [2.24, 2.45) is 0 Å². The molecular weight excluding hydrogens is 275 g/mol. The summed E-state index contributed by atoms with van der Waals surface area (Å²) in [6.45, 7) is 2.95. The number of rotatable bonds is 2. The summed E-state index contributed by atoms with van der Waals surface area (Å²) in [7, 11) is 0. The zero-order valence-corrected chi connectivity index (χ0v) is 11.5. The van der Waals surface area contributed by atoms with E-state index < -0.39 is 17.3 Å². The lowest BCUT2D eigenvalue weighted by atomic mass is 10.0. The van der Waals surface area contributed by atoms with Crippen molar-refractivity contribution in [1.29, 1.82) is 0 Å². The Bertz CT molecular complexity index is 792. The van der Waals surface area contributed by atoms with E-state index in [-0.39, 0.29) is 22.4 Å². The van der Waals surface area contributed by atoms with Gasteiger partial charge in [0.25, 0.3) is 5.56 Å². The van der Waals surface area contributed by atoms with Crippen molar-refractivity contribution in [3.05, 3.63) is 45.6 Å². The van der Waals surface area contributed by atoms with Gasteiger partial charge in [-0.2, -0.15) is 0 Å². The first-order chi connectivity index (χ1) is 10.0. The van der Waals surface area contributed by atoms with Crippen molar-refractivity contribution in [3.8, 4) is 0 Å². The van der Waals surface area contributed by atoms with Crippen molar-refractivity contribution in [2.45, 2.75) is 19.4 Å². The Balaban J connectivity index is 2.46. The van der Waals surface area contributed by atoms with Gasteiger partial charge in [-0.1, -0.05) is 12.1 Å². The zero-order valence-electron chi connectivity index (χ0n) is 11.5. The molecule has 1 aliphatic heterocycles. The molecule has 0 radical (unpaired) electrons. The molecule has 110 valence electrons. The second kappa shape index (κ2) is 4.96. The Hall–Kier alpha value is -2.21. The van der Waals surface area contributed by atoms with E-state index in [0.717, 1.165) is 13.0 Å². The van der Waals surface area contributed by atoms with E-state index in [0.29, 0.717) is 12.2 Å². The molecule has 6 heteroatoms. The number of aromatic carboxylic acids is 1. The van der Waals surface area contributed by atoms with Crippen molar-refractivity contribution in [2.75, 3.05) is 13.1 Å². The molecule has 2 N–H and O–H groups in total. The van der Waals surface area contributed by atoms with Gasteiger partial charge in [0.2, 0.25) is 0 Å². The summed E-state index contributed by atoms with van der Waals surface area (Å²) in [5.74, 6) is -1.83. The monoisotopic (exact) mass is 290 g/mol. The molecule has 1 aromatic heterocycles. The second-order valence-electron chi connectivity index (χ2n) is 5.25. The Morgan fingerprint density at radius 2 is 2.24 bits per heavy atom. The highest BCUT2D eigenvalue weighted by molar-refractivity contribution is 6.04. The molecule has 0 aliphatic carbocycles. The summed E-state index contributed by atoms with van der Waals surface area (Å²) >= 11 is 0. The molecule has 0 amide bonds. The number of hydrogen-bond acceptors (Lipinski definition) is 3. The lowest BCUT2D eigenvalue weighted by molar-refractivity contribution is 0.0697. The van der Waals surface area contributed by atoms with Crippen LogP contribution in [0, 0.1) is 12.7 Å². The van der Waals surface area contributed by atoms with E-state index in [1.54, 1.807) is 6.92 Å². The Morgan fingerprint density at radius 3 is 2.86 bits per heavy atom. The number of carbonyl (C=O) groups is 1. The Kier molecular flexibility index (Phi) is 3.25. The second-order valence-corrected chi connectivity index (χ2v) is 5.25. The van der Waals surface area contributed by atoms with Crippen LogP contribution in [-0.2, 0) is 0 Å². The van der Waals surface area contributed by atoms with Crippen molar-refractivity contribution in [3.63, 3.8) is 0 Å². The molecule has 1 saturated heterocycles. The highest BCUT2D eigenvalue weighted by Crippen LogP contribution is 2.25. The number of aromatic nitrogens is 1. The third-order valence-electron chi connectivity index (χ3n) is 4.05. The largest absolute Gasteiger partial charge is 0.478 e. The molecular formula is C15H15FN2O3. The Labute approximate surface area is 120 Å². The van der Waals surface area contributed by atoms with Gasteiger partial charge in [0, 0.05) is 17.6 Å². The number of carboxylic acids is 1. The lowest BCUT2D eigenvalue weighted by Crippen LogP contribution is -2.31. The molecule has 0 unspecified atom stereocenters. The number of hydrogen-bond donors (Lipinski definition) is 2. The number of nitrogens with zero attached hydrogens (tertiary/aromatic N) is 1. The molecule has 2 aromatic rings. The molecule has 21 heavy (non-hydrogen) atoms. The summed E-state index contributed by atoms with van der Waals surface area (Å²) in [4.78, 5) is 24.2. The van der Waals surface area contributed by atoms with E-state index >= 15 is 0 Å². The maximum atomic E-state index is 14.1. The van der Waals surface area contributed by atoms with E-state index in [4.69, 9.17) is 0 Å². The van der Waals surface area contributed by atoms with Crippen LogP contribution in [0.5, 0.6) is 0 Å². The van der Waals surface area contributed by atoms with E-state index in [9.17, 15) is 19.1 Å². The summed E-state index contributed by atoms with van der Waals surface area (Å²) in [6.07, 6.45) is 0.722. The first kappa shape index (κ1) is 13.8. The molecule has 1 aromatic carbocycles. The molecule has 1 aliphatic rings. The van der Waals surface area contributed by atoms with Crippen molar-refractivity contribution in [1.82, 2.24) is 9.88 Å². The van der Waals surface area contributed by atoms with Gasteiger partial charge in [-0.15, -0.1) is 0 Å². The summed E-state index contributed by atoms with van der Waals surface area (Å²) in [5, 5.41) is 12.6. The molecule has 0 spiro atoms. The van der Waals surface area contributed by atoms with E-state index in [1.165, 1.54) is 22.8 Å². The fourth-order valence-electron chi connectivity index (χ4n) is 3.11. The van der Waals surface area contributed by atoms with Crippen LogP contribution >= 0.6 is 0 Å². The zero-order chi connectivity index (χ0) is 15.1. The van der Waals surface area contributed by atoms with E-state index in [2.05, 4.69) is 5.32 Å². The average Bonchev–Trinajstić information content (AvgIpc) is 2.92. The van der Waals surface area contributed by atoms with E-state index in [1.807, 2.05) is 0 Å². The fourth-order valence-corrected chi connectivity index (χ4v) is 3.11. The van der Waals surface area contributed by atoms with Gasteiger partial charge in [0.05, 0.1) is 17.0 Å². The minimum atomic E-state index is -1.15. The molecule has 3 rings (SSSR count). The van der Waals surface area contributed by atoms with Crippen LogP contribution in [0.25, 0.3) is 10.8 Å². The third-order valence-corrected chi connectivity index (χ3v) is 4.05. The first-order valence-electron chi connectivity index (χ1n) is 6.79. The molecule has 2 heterocycles. The molecule has 0 bridgehead atoms. The summed E-state index contributed by atoms with van der Waals surface area (Å²) < 4.78 is 15.5. The predicted molar refractivity (Wildman–Crippen MR) is 76.4 cm³/mol. The van der Waals surface area contributed by atoms with Crippen LogP contribution < -0.4 is 10.9 Å². The maximum absolute atomic E-state index is 14.1. The Morgan fingerprint density at radius 1 is 1.48 bits per heavy atom. The van der Waals surface area contributed by atoms with Gasteiger partial charge >= 0.3 is 5.97 Å². The average molecular weight is 290 g/mol. The topological polar surface area (TPSA) is 71.3 Å². The molecule has 0 saturated carbocycles. The van der Waals surface area contributed by atoms with Gasteiger partial charge in [-0.25, -0.2) is 9.18 Å². The number of pyridine rings is 1. The number of nitrogens with one attached hydrogen (secondary N) is 1. The standard InChI is InChI=1S/C15H15FN2O3/c1-8-12(15(20)21)10-3-2-4-11(16)13(10)14(19)18(8)9-5-6-17-7-9/h2-4,9,17H,5-7H2,1H3,(H,20,21)/t9-/m0/s1. The van der Waals surface area contributed by atoms with Crippen molar-refractivity contribution >= 4 is 16.7 Å². The number of carboxylic acid groups (broad SMARTS) is 1.